The second-order valence-electron chi connectivity index (χ2n) is 12.1. The Bertz CT molecular complexity index is 2760. The summed E-state index contributed by atoms with van der Waals surface area (Å²) in [4.78, 5) is 14.8. The zero-order valence-electron chi connectivity index (χ0n) is 25.6. The number of nitrogens with zero attached hydrogens (tertiary/aromatic N) is 3. The molecule has 1 atom stereocenters. The average molecular weight is 619 g/mol. The minimum absolute atomic E-state index is 0.319. The van der Waals surface area contributed by atoms with Crippen LogP contribution in [0.4, 0.5) is 0 Å². The zero-order valence-corrected chi connectivity index (χ0v) is 25.6. The van der Waals surface area contributed by atoms with E-state index in [1.807, 2.05) is 42.6 Å². The standard InChI is InChI=1S/C42H26N4O2/c1-3-11-25(12-4-1)40-44-41(26-13-5-2-6-14-26)46-42(45-40)34-23-43-24-36-37(34)32-20-10-18-30(39(32)48-36)29-17-9-19-31-33-21-27-15-7-8-16-28(27)22-35(33)47-38(29)31/h1-24,40H,(H,44,45,46). The summed E-state index contributed by atoms with van der Waals surface area (Å²) in [7, 11) is 0. The Balaban J connectivity index is 1.18. The van der Waals surface area contributed by atoms with Gasteiger partial charge in [0.15, 0.2) is 11.4 Å². The smallest absolute Gasteiger partial charge is 0.161 e. The maximum atomic E-state index is 6.66. The van der Waals surface area contributed by atoms with E-state index in [0.29, 0.717) is 11.4 Å². The normalized spacial score (nSPS) is 14.9. The SMILES string of the molecule is c1ccc(C2=NC(c3cncc4oc5c(-c6cccc7c6oc6cc8ccccc8cc67)cccc5c34)=NC(c3ccccc3)N2)cc1. The summed E-state index contributed by atoms with van der Waals surface area (Å²) in [5.41, 5.74) is 7.90. The number of furan rings is 2. The molecule has 6 aromatic carbocycles. The number of para-hydroxylation sites is 2. The Kier molecular flexibility index (Phi) is 5.84. The molecule has 0 fully saturated rings. The fraction of sp³-hybridized carbons (Fsp3) is 0.0238. The summed E-state index contributed by atoms with van der Waals surface area (Å²) in [5.74, 6) is 1.35. The van der Waals surface area contributed by atoms with Crippen LogP contribution in [0.1, 0.15) is 22.9 Å². The fourth-order valence-electron chi connectivity index (χ4n) is 6.95. The van der Waals surface area contributed by atoms with E-state index in [1.165, 1.54) is 5.39 Å². The molecule has 0 bridgehead atoms. The summed E-state index contributed by atoms with van der Waals surface area (Å²) < 4.78 is 13.3. The lowest BCUT2D eigenvalue weighted by Crippen LogP contribution is -2.33. The first-order valence-corrected chi connectivity index (χ1v) is 16.0. The summed E-state index contributed by atoms with van der Waals surface area (Å²) in [6, 6.07) is 45.6. The van der Waals surface area contributed by atoms with E-state index in [9.17, 15) is 0 Å². The molecule has 0 radical (unpaired) electrons. The van der Waals surface area contributed by atoms with Gasteiger partial charge in [0.25, 0.3) is 0 Å². The maximum Gasteiger partial charge on any atom is 0.161 e. The zero-order chi connectivity index (χ0) is 31.6. The number of benzene rings is 6. The number of pyridine rings is 1. The van der Waals surface area contributed by atoms with Gasteiger partial charge in [-0.25, -0.2) is 9.98 Å². The summed E-state index contributed by atoms with van der Waals surface area (Å²) in [5, 5.41) is 9.94. The highest BCUT2D eigenvalue weighted by molar-refractivity contribution is 6.23. The molecule has 6 heteroatoms. The van der Waals surface area contributed by atoms with Crippen molar-refractivity contribution in [2.75, 3.05) is 0 Å². The van der Waals surface area contributed by atoms with Crippen molar-refractivity contribution in [3.05, 3.63) is 163 Å². The highest BCUT2D eigenvalue weighted by Crippen LogP contribution is 2.42. The first-order valence-electron chi connectivity index (χ1n) is 16.0. The molecule has 1 N–H and O–H groups in total. The molecule has 0 spiro atoms. The van der Waals surface area contributed by atoms with E-state index >= 15 is 0 Å². The number of amidine groups is 2. The predicted octanol–water partition coefficient (Wildman–Crippen LogP) is 10.2. The Labute approximate surface area is 274 Å². The lowest BCUT2D eigenvalue weighted by molar-refractivity contribution is 0.664. The second kappa shape index (κ2) is 10.5. The third-order valence-corrected chi connectivity index (χ3v) is 9.21. The average Bonchev–Trinajstić information content (AvgIpc) is 3.72. The molecule has 4 heterocycles. The van der Waals surface area contributed by atoms with Crippen molar-refractivity contribution in [3.63, 3.8) is 0 Å². The first-order chi connectivity index (χ1) is 23.8. The van der Waals surface area contributed by atoms with Crippen molar-refractivity contribution in [3.8, 4) is 11.1 Å². The van der Waals surface area contributed by atoms with E-state index in [0.717, 1.165) is 77.3 Å². The molecule has 0 amide bonds. The van der Waals surface area contributed by atoms with Crippen LogP contribution in [0.3, 0.4) is 0 Å². The number of hydrogen-bond acceptors (Lipinski definition) is 6. The van der Waals surface area contributed by atoms with Crippen molar-refractivity contribution < 1.29 is 8.83 Å². The molecule has 9 aromatic rings. The van der Waals surface area contributed by atoms with Crippen LogP contribution in [0.15, 0.2) is 165 Å². The molecule has 226 valence electrons. The topological polar surface area (TPSA) is 75.9 Å². The predicted molar refractivity (Wildman–Crippen MR) is 194 cm³/mol. The number of nitrogens with one attached hydrogen (secondary N) is 1. The largest absolute Gasteiger partial charge is 0.455 e. The van der Waals surface area contributed by atoms with Gasteiger partial charge in [0.1, 0.15) is 28.8 Å². The van der Waals surface area contributed by atoms with Gasteiger partial charge in [-0.05, 0) is 28.5 Å². The van der Waals surface area contributed by atoms with Crippen molar-refractivity contribution in [1.82, 2.24) is 10.3 Å². The van der Waals surface area contributed by atoms with Crippen molar-refractivity contribution in [1.29, 1.82) is 0 Å². The summed E-state index contributed by atoms with van der Waals surface area (Å²) in [6.45, 7) is 0. The van der Waals surface area contributed by atoms with Gasteiger partial charge >= 0.3 is 0 Å². The van der Waals surface area contributed by atoms with Gasteiger partial charge in [-0.1, -0.05) is 121 Å². The molecule has 6 nitrogen and oxygen atoms in total. The summed E-state index contributed by atoms with van der Waals surface area (Å²) in [6.07, 6.45) is 3.29. The third-order valence-electron chi connectivity index (χ3n) is 9.21. The van der Waals surface area contributed by atoms with Gasteiger partial charge < -0.3 is 14.2 Å². The number of aromatic nitrogens is 1. The first kappa shape index (κ1) is 26.7. The van der Waals surface area contributed by atoms with E-state index < -0.39 is 0 Å². The molecule has 10 rings (SSSR count). The van der Waals surface area contributed by atoms with Crippen LogP contribution >= 0.6 is 0 Å². The molecule has 1 aliphatic heterocycles. The van der Waals surface area contributed by atoms with Crippen LogP contribution in [0.5, 0.6) is 0 Å². The lowest BCUT2D eigenvalue weighted by Gasteiger charge is -2.23. The monoisotopic (exact) mass is 618 g/mol. The second-order valence-corrected chi connectivity index (χ2v) is 12.1. The molecule has 0 aliphatic carbocycles. The molecule has 48 heavy (non-hydrogen) atoms. The highest BCUT2D eigenvalue weighted by Gasteiger charge is 2.25. The number of aliphatic imine (C=N–C) groups is 2. The molecular formula is C42H26N4O2. The quantitative estimate of drug-likeness (QED) is 0.213. The Morgan fingerprint density at radius 2 is 1.21 bits per heavy atom. The van der Waals surface area contributed by atoms with E-state index in [2.05, 4.69) is 107 Å². The summed E-state index contributed by atoms with van der Waals surface area (Å²) >= 11 is 0. The Morgan fingerprint density at radius 1 is 0.542 bits per heavy atom. The van der Waals surface area contributed by atoms with Gasteiger partial charge in [0.05, 0.1) is 6.20 Å². The van der Waals surface area contributed by atoms with Crippen molar-refractivity contribution in [2.45, 2.75) is 6.17 Å². The van der Waals surface area contributed by atoms with Crippen LogP contribution in [-0.4, -0.2) is 16.7 Å². The number of rotatable bonds is 4. The fourth-order valence-corrected chi connectivity index (χ4v) is 6.95. The molecule has 0 saturated carbocycles. The molecular weight excluding hydrogens is 592 g/mol. The van der Waals surface area contributed by atoms with Crippen LogP contribution in [0, 0.1) is 0 Å². The molecule has 0 saturated heterocycles. The minimum Gasteiger partial charge on any atom is -0.455 e. The molecule has 1 unspecified atom stereocenters. The van der Waals surface area contributed by atoms with Crippen molar-refractivity contribution in [2.24, 2.45) is 9.98 Å². The molecule has 1 aliphatic rings. The van der Waals surface area contributed by atoms with E-state index in [-0.39, 0.29) is 6.17 Å². The van der Waals surface area contributed by atoms with Gasteiger partial charge in [0, 0.05) is 50.0 Å². The lowest BCUT2D eigenvalue weighted by atomic mass is 9.98. The Morgan fingerprint density at radius 3 is 2.00 bits per heavy atom. The van der Waals surface area contributed by atoms with Gasteiger partial charge in [0.2, 0.25) is 0 Å². The minimum atomic E-state index is -0.319. The Hall–Kier alpha value is -6.53. The van der Waals surface area contributed by atoms with Crippen LogP contribution in [-0.2, 0) is 0 Å². The van der Waals surface area contributed by atoms with E-state index in [1.54, 1.807) is 6.20 Å². The molecule has 3 aromatic heterocycles. The van der Waals surface area contributed by atoms with Crippen LogP contribution in [0.25, 0.3) is 65.8 Å². The third kappa shape index (κ3) is 4.16. The maximum absolute atomic E-state index is 6.66. The van der Waals surface area contributed by atoms with Gasteiger partial charge in [-0.3, -0.25) is 4.98 Å². The van der Waals surface area contributed by atoms with E-state index in [4.69, 9.17) is 18.8 Å². The van der Waals surface area contributed by atoms with Crippen LogP contribution in [0.2, 0.25) is 0 Å². The number of fused-ring (bicyclic) bond motifs is 7. The van der Waals surface area contributed by atoms with Gasteiger partial charge in [-0.15, -0.1) is 0 Å². The van der Waals surface area contributed by atoms with Crippen molar-refractivity contribution >= 4 is 66.3 Å². The van der Waals surface area contributed by atoms with Crippen LogP contribution < -0.4 is 5.32 Å². The number of hydrogen-bond donors (Lipinski definition) is 1. The highest BCUT2D eigenvalue weighted by atomic mass is 16.3. The van der Waals surface area contributed by atoms with Gasteiger partial charge in [-0.2, -0.15) is 0 Å².